The third-order valence-electron chi connectivity index (χ3n) is 5.14. The molecule has 0 atom stereocenters. The summed E-state index contributed by atoms with van der Waals surface area (Å²) in [4.78, 5) is 20.2. The van der Waals surface area contributed by atoms with E-state index in [2.05, 4.69) is 36.8 Å². The molecule has 4 nitrogen and oxygen atoms in total. The molecule has 4 heteroatoms. The highest BCUT2D eigenvalue weighted by Crippen LogP contribution is 2.36. The fourth-order valence-electron chi connectivity index (χ4n) is 3.67. The molecule has 0 aliphatic heterocycles. The van der Waals surface area contributed by atoms with Crippen LogP contribution >= 0.6 is 0 Å². The van der Waals surface area contributed by atoms with Gasteiger partial charge in [0.05, 0.1) is 17.7 Å². The fraction of sp³-hybridized carbons (Fsp3) is 0.273. The number of hydrogen-bond acceptors (Lipinski definition) is 3. The third-order valence-corrected chi connectivity index (χ3v) is 5.14. The maximum atomic E-state index is 12.3. The van der Waals surface area contributed by atoms with Crippen molar-refractivity contribution in [2.45, 2.75) is 33.6 Å². The number of carbonyl (C=O) groups is 1. The zero-order chi connectivity index (χ0) is 18.3. The van der Waals surface area contributed by atoms with E-state index < -0.39 is 0 Å². The average molecular weight is 346 g/mol. The van der Waals surface area contributed by atoms with E-state index in [4.69, 9.17) is 4.74 Å². The van der Waals surface area contributed by atoms with Crippen LogP contribution in [-0.4, -0.2) is 22.5 Å². The number of aromatic amines is 1. The van der Waals surface area contributed by atoms with E-state index in [1.165, 1.54) is 16.5 Å². The first kappa shape index (κ1) is 16.6. The molecular weight excluding hydrogens is 324 g/mol. The molecule has 0 saturated carbocycles. The van der Waals surface area contributed by atoms with Gasteiger partial charge in [0.15, 0.2) is 0 Å². The molecule has 0 spiro atoms. The lowest BCUT2D eigenvalue weighted by Crippen LogP contribution is -2.06. The standard InChI is InChI=1S/C22H22N2O2/c1-4-5-10-26-22(25)15-6-7-19-17(11-15)20-13(2)18-12-23-9-8-16(18)14(3)21(20)24-19/h6-9,11-12,24H,4-5,10H2,1-3H3. The Balaban J connectivity index is 1.92. The molecule has 4 rings (SSSR count). The number of carbonyl (C=O) groups excluding carboxylic acids is 1. The number of H-pyrrole nitrogens is 1. The predicted octanol–water partition coefficient (Wildman–Crippen LogP) is 5.44. The van der Waals surface area contributed by atoms with Crippen LogP contribution in [0.1, 0.15) is 41.3 Å². The topological polar surface area (TPSA) is 55.0 Å². The van der Waals surface area contributed by atoms with Crippen LogP contribution in [-0.2, 0) is 4.74 Å². The average Bonchev–Trinajstić information content (AvgIpc) is 3.05. The van der Waals surface area contributed by atoms with E-state index in [1.807, 2.05) is 30.6 Å². The number of fused-ring (bicyclic) bond motifs is 4. The highest BCUT2D eigenvalue weighted by molar-refractivity contribution is 6.17. The number of nitrogens with one attached hydrogen (secondary N) is 1. The summed E-state index contributed by atoms with van der Waals surface area (Å²) in [6, 6.07) is 7.79. The molecule has 0 saturated heterocycles. The molecule has 0 aliphatic carbocycles. The maximum Gasteiger partial charge on any atom is 0.338 e. The van der Waals surface area contributed by atoms with Crippen LogP contribution in [0.5, 0.6) is 0 Å². The molecule has 4 aromatic rings. The monoisotopic (exact) mass is 346 g/mol. The quantitative estimate of drug-likeness (QED) is 0.395. The van der Waals surface area contributed by atoms with Crippen LogP contribution in [0.4, 0.5) is 0 Å². The van der Waals surface area contributed by atoms with Crippen molar-refractivity contribution in [3.8, 4) is 0 Å². The number of aryl methyl sites for hydroxylation is 2. The van der Waals surface area contributed by atoms with Crippen molar-refractivity contribution >= 4 is 38.5 Å². The molecule has 0 radical (unpaired) electrons. The Morgan fingerprint density at radius 1 is 1.12 bits per heavy atom. The minimum Gasteiger partial charge on any atom is -0.462 e. The number of ether oxygens (including phenoxy) is 1. The van der Waals surface area contributed by atoms with Crippen molar-refractivity contribution in [3.05, 3.63) is 53.3 Å². The summed E-state index contributed by atoms with van der Waals surface area (Å²) in [5, 5.41) is 4.56. The van der Waals surface area contributed by atoms with Gasteiger partial charge in [-0.2, -0.15) is 0 Å². The zero-order valence-electron chi connectivity index (χ0n) is 15.3. The summed E-state index contributed by atoms with van der Waals surface area (Å²) >= 11 is 0. The SMILES string of the molecule is CCCCOC(=O)c1ccc2[nH]c3c(C)c4ccncc4c(C)c3c2c1. The number of nitrogens with zero attached hydrogens (tertiary/aromatic N) is 1. The first-order chi connectivity index (χ1) is 12.6. The molecule has 0 aliphatic rings. The lowest BCUT2D eigenvalue weighted by atomic mass is 9.96. The molecule has 0 unspecified atom stereocenters. The minimum absolute atomic E-state index is 0.258. The number of unbranched alkanes of at least 4 members (excludes halogenated alkanes) is 1. The highest BCUT2D eigenvalue weighted by Gasteiger charge is 2.16. The largest absolute Gasteiger partial charge is 0.462 e. The van der Waals surface area contributed by atoms with Crippen LogP contribution in [0.3, 0.4) is 0 Å². The molecule has 132 valence electrons. The van der Waals surface area contributed by atoms with Gasteiger partial charge in [0.25, 0.3) is 0 Å². The molecule has 2 aromatic heterocycles. The number of pyridine rings is 1. The Morgan fingerprint density at radius 3 is 2.77 bits per heavy atom. The molecule has 0 fully saturated rings. The van der Waals surface area contributed by atoms with Gasteiger partial charge in [-0.25, -0.2) is 4.79 Å². The van der Waals surface area contributed by atoms with Crippen LogP contribution in [0.15, 0.2) is 36.7 Å². The fourth-order valence-corrected chi connectivity index (χ4v) is 3.67. The van der Waals surface area contributed by atoms with E-state index in [1.54, 1.807) is 0 Å². The maximum absolute atomic E-state index is 12.3. The van der Waals surface area contributed by atoms with Gasteiger partial charge >= 0.3 is 5.97 Å². The lowest BCUT2D eigenvalue weighted by Gasteiger charge is -2.08. The second-order valence-electron chi connectivity index (χ2n) is 6.80. The lowest BCUT2D eigenvalue weighted by molar-refractivity contribution is 0.0500. The Labute approximate surface area is 152 Å². The van der Waals surface area contributed by atoms with Crippen molar-refractivity contribution in [3.63, 3.8) is 0 Å². The van der Waals surface area contributed by atoms with Crippen molar-refractivity contribution < 1.29 is 9.53 Å². The van der Waals surface area contributed by atoms with E-state index in [0.29, 0.717) is 12.2 Å². The molecule has 2 aromatic carbocycles. The van der Waals surface area contributed by atoms with Crippen LogP contribution < -0.4 is 0 Å². The number of rotatable bonds is 4. The number of aromatic nitrogens is 2. The van der Waals surface area contributed by atoms with Crippen molar-refractivity contribution in [2.75, 3.05) is 6.61 Å². The van der Waals surface area contributed by atoms with Crippen LogP contribution in [0, 0.1) is 13.8 Å². The number of esters is 1. The third kappa shape index (κ3) is 2.53. The van der Waals surface area contributed by atoms with E-state index in [0.717, 1.165) is 40.0 Å². The summed E-state index contributed by atoms with van der Waals surface area (Å²) < 4.78 is 5.37. The van der Waals surface area contributed by atoms with Gasteiger partial charge in [0.2, 0.25) is 0 Å². The van der Waals surface area contributed by atoms with Crippen molar-refractivity contribution in [2.24, 2.45) is 0 Å². The molecule has 1 N–H and O–H groups in total. The molecule has 0 amide bonds. The second-order valence-corrected chi connectivity index (χ2v) is 6.80. The van der Waals surface area contributed by atoms with Gasteiger partial charge in [0.1, 0.15) is 0 Å². The van der Waals surface area contributed by atoms with Gasteiger partial charge in [0, 0.05) is 34.1 Å². The molecule has 0 bridgehead atoms. The summed E-state index contributed by atoms with van der Waals surface area (Å²) in [7, 11) is 0. The summed E-state index contributed by atoms with van der Waals surface area (Å²) in [6.07, 6.45) is 5.64. The normalized spacial score (nSPS) is 11.5. The molecule has 26 heavy (non-hydrogen) atoms. The van der Waals surface area contributed by atoms with Gasteiger partial charge in [-0.05, 0) is 61.0 Å². The first-order valence-corrected chi connectivity index (χ1v) is 9.07. The van der Waals surface area contributed by atoms with E-state index in [-0.39, 0.29) is 5.97 Å². The van der Waals surface area contributed by atoms with Crippen LogP contribution in [0.25, 0.3) is 32.6 Å². The summed E-state index contributed by atoms with van der Waals surface area (Å²) in [5.41, 5.74) is 5.12. The van der Waals surface area contributed by atoms with Gasteiger partial charge in [-0.1, -0.05) is 13.3 Å². The molecule has 2 heterocycles. The predicted molar refractivity (Wildman–Crippen MR) is 106 cm³/mol. The van der Waals surface area contributed by atoms with Gasteiger partial charge < -0.3 is 9.72 Å². The summed E-state index contributed by atoms with van der Waals surface area (Å²) in [5.74, 6) is -0.258. The summed E-state index contributed by atoms with van der Waals surface area (Å²) in [6.45, 7) is 6.79. The number of benzene rings is 2. The van der Waals surface area contributed by atoms with Gasteiger partial charge in [-0.15, -0.1) is 0 Å². The Morgan fingerprint density at radius 2 is 1.96 bits per heavy atom. The second kappa shape index (κ2) is 6.45. The minimum atomic E-state index is -0.258. The Bertz CT molecular complexity index is 1140. The zero-order valence-corrected chi connectivity index (χ0v) is 15.3. The number of hydrogen-bond donors (Lipinski definition) is 1. The van der Waals surface area contributed by atoms with Crippen molar-refractivity contribution in [1.82, 2.24) is 9.97 Å². The van der Waals surface area contributed by atoms with Gasteiger partial charge in [-0.3, -0.25) is 4.98 Å². The first-order valence-electron chi connectivity index (χ1n) is 9.07. The Kier molecular flexibility index (Phi) is 4.11. The smallest absolute Gasteiger partial charge is 0.338 e. The molecular formula is C22H22N2O2. The van der Waals surface area contributed by atoms with Crippen LogP contribution in [0.2, 0.25) is 0 Å². The van der Waals surface area contributed by atoms with E-state index >= 15 is 0 Å². The van der Waals surface area contributed by atoms with E-state index in [9.17, 15) is 4.79 Å². The van der Waals surface area contributed by atoms with Crippen molar-refractivity contribution in [1.29, 1.82) is 0 Å². The Hall–Kier alpha value is -2.88. The highest BCUT2D eigenvalue weighted by atomic mass is 16.5.